The van der Waals surface area contributed by atoms with Crippen molar-refractivity contribution in [1.29, 1.82) is 0 Å². The highest BCUT2D eigenvalue weighted by atomic mass is 79.9. The van der Waals surface area contributed by atoms with Gasteiger partial charge in [0.15, 0.2) is 0 Å². The lowest BCUT2D eigenvalue weighted by Crippen LogP contribution is -2.03. The molecule has 0 saturated heterocycles. The Labute approximate surface area is 125 Å². The number of nitro groups is 1. The third-order valence-corrected chi connectivity index (χ3v) is 3.98. The van der Waals surface area contributed by atoms with Crippen LogP contribution >= 0.6 is 27.3 Å². The number of aromatic carboxylic acids is 1. The van der Waals surface area contributed by atoms with Gasteiger partial charge in [0.25, 0.3) is 5.69 Å². The third-order valence-electron chi connectivity index (χ3n) is 2.42. The average molecular weight is 358 g/mol. The monoisotopic (exact) mass is 357 g/mol. The average Bonchev–Trinajstić information content (AvgIpc) is 2.81. The molecule has 0 unspecified atom stereocenters. The maximum atomic E-state index is 11.0. The summed E-state index contributed by atoms with van der Waals surface area (Å²) in [5, 5.41) is 21.6. The van der Waals surface area contributed by atoms with Crippen LogP contribution in [0.25, 0.3) is 0 Å². The van der Waals surface area contributed by atoms with Crippen LogP contribution in [0.1, 0.15) is 15.9 Å². The van der Waals surface area contributed by atoms with E-state index >= 15 is 0 Å². The molecule has 0 saturated carbocycles. The maximum Gasteiger partial charge on any atom is 0.342 e. The van der Waals surface area contributed by atoms with E-state index in [1.807, 2.05) is 11.4 Å². The molecule has 8 heteroatoms. The summed E-state index contributed by atoms with van der Waals surface area (Å²) in [5.41, 5.74) is 0.0826. The molecule has 104 valence electrons. The van der Waals surface area contributed by atoms with Gasteiger partial charge in [-0.25, -0.2) is 4.79 Å². The smallest absolute Gasteiger partial charge is 0.342 e. The van der Waals surface area contributed by atoms with Crippen molar-refractivity contribution in [2.45, 2.75) is 6.61 Å². The van der Waals surface area contributed by atoms with Gasteiger partial charge in [0.1, 0.15) is 17.9 Å². The van der Waals surface area contributed by atoms with Crippen molar-refractivity contribution in [3.8, 4) is 5.75 Å². The Bertz CT molecular complexity index is 670. The Morgan fingerprint density at radius 2 is 2.20 bits per heavy atom. The molecule has 2 aromatic rings. The van der Waals surface area contributed by atoms with E-state index in [0.717, 1.165) is 21.5 Å². The molecule has 1 heterocycles. The summed E-state index contributed by atoms with van der Waals surface area (Å²) in [6.07, 6.45) is 0. The normalized spacial score (nSPS) is 10.2. The van der Waals surface area contributed by atoms with Crippen LogP contribution in [0.5, 0.6) is 5.75 Å². The van der Waals surface area contributed by atoms with Gasteiger partial charge in [0, 0.05) is 17.7 Å². The summed E-state index contributed by atoms with van der Waals surface area (Å²) < 4.78 is 6.39. The Hall–Kier alpha value is -1.93. The van der Waals surface area contributed by atoms with Crippen LogP contribution in [0.3, 0.4) is 0 Å². The standard InChI is InChI=1S/C12H8BrNO5S/c13-11-3-7(6-20-11)5-19-8-1-2-10(14(17)18)9(4-8)12(15)16/h1-4,6H,5H2,(H,15,16). The first kappa shape index (κ1) is 14.5. The molecule has 0 fully saturated rings. The molecule has 0 aliphatic carbocycles. The Morgan fingerprint density at radius 1 is 1.45 bits per heavy atom. The molecule has 0 atom stereocenters. The van der Waals surface area contributed by atoms with Crippen LogP contribution in [-0.4, -0.2) is 16.0 Å². The molecule has 0 aliphatic rings. The molecule has 0 spiro atoms. The number of benzene rings is 1. The summed E-state index contributed by atoms with van der Waals surface area (Å²) in [7, 11) is 0. The molecule has 0 amide bonds. The van der Waals surface area contributed by atoms with E-state index in [1.165, 1.54) is 17.4 Å². The predicted molar refractivity (Wildman–Crippen MR) is 76.4 cm³/mol. The molecule has 0 radical (unpaired) electrons. The van der Waals surface area contributed by atoms with Crippen LogP contribution in [-0.2, 0) is 6.61 Å². The van der Waals surface area contributed by atoms with Crippen molar-refractivity contribution in [1.82, 2.24) is 0 Å². The minimum absolute atomic E-state index is 0.263. The number of thiophene rings is 1. The summed E-state index contributed by atoms with van der Waals surface area (Å²) in [5.74, 6) is -1.09. The Kier molecular flexibility index (Phi) is 4.35. The summed E-state index contributed by atoms with van der Waals surface area (Å²) in [6.45, 7) is 0.263. The second-order valence-corrected chi connectivity index (χ2v) is 6.08. The van der Waals surface area contributed by atoms with Gasteiger partial charge in [-0.3, -0.25) is 10.1 Å². The van der Waals surface area contributed by atoms with Crippen molar-refractivity contribution in [2.24, 2.45) is 0 Å². The van der Waals surface area contributed by atoms with Crippen molar-refractivity contribution < 1.29 is 19.6 Å². The van der Waals surface area contributed by atoms with Gasteiger partial charge >= 0.3 is 5.97 Å². The molecule has 1 N–H and O–H groups in total. The minimum atomic E-state index is -1.36. The first-order chi connectivity index (χ1) is 9.47. The number of carboxylic acids is 1. The van der Waals surface area contributed by atoms with E-state index in [0.29, 0.717) is 0 Å². The molecular formula is C12H8BrNO5S. The molecule has 20 heavy (non-hydrogen) atoms. The van der Waals surface area contributed by atoms with Gasteiger partial charge in [-0.1, -0.05) is 0 Å². The lowest BCUT2D eigenvalue weighted by molar-refractivity contribution is -0.385. The van der Waals surface area contributed by atoms with Crippen molar-refractivity contribution in [3.05, 3.63) is 54.7 Å². The van der Waals surface area contributed by atoms with E-state index in [4.69, 9.17) is 9.84 Å². The van der Waals surface area contributed by atoms with Crippen LogP contribution in [0.2, 0.25) is 0 Å². The van der Waals surface area contributed by atoms with Gasteiger partial charge < -0.3 is 9.84 Å². The number of hydrogen-bond donors (Lipinski definition) is 1. The highest BCUT2D eigenvalue weighted by Crippen LogP contribution is 2.26. The van der Waals surface area contributed by atoms with E-state index in [-0.39, 0.29) is 17.9 Å². The summed E-state index contributed by atoms with van der Waals surface area (Å²) in [4.78, 5) is 21.0. The van der Waals surface area contributed by atoms with Gasteiger partial charge in [0.05, 0.1) is 8.71 Å². The number of nitrogens with zero attached hydrogens (tertiary/aromatic N) is 1. The summed E-state index contributed by atoms with van der Waals surface area (Å²) >= 11 is 4.83. The number of hydrogen-bond acceptors (Lipinski definition) is 5. The Balaban J connectivity index is 2.18. The van der Waals surface area contributed by atoms with E-state index in [9.17, 15) is 14.9 Å². The second kappa shape index (κ2) is 6.02. The first-order valence-electron chi connectivity index (χ1n) is 5.35. The molecule has 1 aromatic carbocycles. The Morgan fingerprint density at radius 3 is 2.75 bits per heavy atom. The van der Waals surface area contributed by atoms with Crippen LogP contribution in [0, 0.1) is 10.1 Å². The second-order valence-electron chi connectivity index (χ2n) is 3.79. The number of ether oxygens (including phenoxy) is 1. The maximum absolute atomic E-state index is 11.0. The molecule has 0 aliphatic heterocycles. The lowest BCUT2D eigenvalue weighted by Gasteiger charge is -2.06. The molecule has 1 aromatic heterocycles. The molecule has 0 bridgehead atoms. The van der Waals surface area contributed by atoms with Gasteiger partial charge in [-0.05, 0) is 33.4 Å². The number of carbonyl (C=O) groups is 1. The minimum Gasteiger partial charge on any atom is -0.489 e. The van der Waals surface area contributed by atoms with Crippen LogP contribution in [0.15, 0.2) is 33.4 Å². The fraction of sp³-hybridized carbons (Fsp3) is 0.0833. The largest absolute Gasteiger partial charge is 0.489 e. The highest BCUT2D eigenvalue weighted by molar-refractivity contribution is 9.11. The molecular weight excluding hydrogens is 350 g/mol. The zero-order valence-corrected chi connectivity index (χ0v) is 12.3. The predicted octanol–water partition coefficient (Wildman–Crippen LogP) is 3.70. The topological polar surface area (TPSA) is 89.7 Å². The lowest BCUT2D eigenvalue weighted by atomic mass is 10.1. The molecule has 2 rings (SSSR count). The highest BCUT2D eigenvalue weighted by Gasteiger charge is 2.20. The SMILES string of the molecule is O=C(O)c1cc(OCc2csc(Br)c2)ccc1[N+](=O)[O-]. The fourth-order valence-electron chi connectivity index (χ4n) is 1.52. The zero-order valence-electron chi connectivity index (χ0n) is 9.91. The van der Waals surface area contributed by atoms with Gasteiger partial charge in [-0.2, -0.15) is 0 Å². The number of halogens is 1. The van der Waals surface area contributed by atoms with Crippen molar-refractivity contribution in [2.75, 3.05) is 0 Å². The van der Waals surface area contributed by atoms with Gasteiger partial charge in [-0.15, -0.1) is 11.3 Å². The van der Waals surface area contributed by atoms with E-state index in [2.05, 4.69) is 15.9 Å². The number of rotatable bonds is 5. The van der Waals surface area contributed by atoms with Crippen molar-refractivity contribution in [3.63, 3.8) is 0 Å². The van der Waals surface area contributed by atoms with Crippen LogP contribution < -0.4 is 4.74 Å². The fourth-order valence-corrected chi connectivity index (χ4v) is 2.72. The summed E-state index contributed by atoms with van der Waals surface area (Å²) in [6, 6.07) is 5.55. The van der Waals surface area contributed by atoms with Crippen LogP contribution in [0.4, 0.5) is 5.69 Å². The van der Waals surface area contributed by atoms with E-state index < -0.39 is 16.6 Å². The van der Waals surface area contributed by atoms with Gasteiger partial charge in [0.2, 0.25) is 0 Å². The first-order valence-corrected chi connectivity index (χ1v) is 7.02. The number of carboxylic acid groups (broad SMARTS) is 1. The molecule has 6 nitrogen and oxygen atoms in total. The van der Waals surface area contributed by atoms with E-state index in [1.54, 1.807) is 0 Å². The number of nitro benzene ring substituents is 1. The van der Waals surface area contributed by atoms with Crippen molar-refractivity contribution >= 4 is 38.9 Å². The zero-order chi connectivity index (χ0) is 14.7. The quantitative estimate of drug-likeness (QED) is 0.650. The third kappa shape index (κ3) is 3.34.